The molecule has 1 rings (SSSR count). The Labute approximate surface area is 87.3 Å². The number of hydrogen-bond donors (Lipinski definition) is 2. The fourth-order valence-corrected chi connectivity index (χ4v) is 1.19. The molecule has 0 spiro atoms. The van der Waals surface area contributed by atoms with Crippen LogP contribution in [0.25, 0.3) is 0 Å². The van der Waals surface area contributed by atoms with Gasteiger partial charge >= 0.3 is 5.97 Å². The molecule has 1 fully saturated rings. The van der Waals surface area contributed by atoms with Crippen molar-refractivity contribution in [2.75, 3.05) is 19.8 Å². The molecule has 1 saturated heterocycles. The molecule has 0 aromatic rings. The Hall–Kier alpha value is -1.72. The fraction of sp³-hybridized carbons (Fsp3) is 1.00. The molecule has 0 aromatic carbocycles. The van der Waals surface area contributed by atoms with Crippen molar-refractivity contribution in [3.8, 4) is 0 Å². The van der Waals surface area contributed by atoms with Gasteiger partial charge in [-0.2, -0.15) is 0 Å². The highest BCUT2D eigenvalue weighted by Gasteiger charge is 2.68. The predicted octanol–water partition coefficient (Wildman–Crippen LogP) is -1.94. The fourth-order valence-electron chi connectivity index (χ4n) is 1.19. The molecule has 11 nitrogen and oxygen atoms in total. The highest BCUT2D eigenvalue weighted by Crippen LogP contribution is 2.46. The zero-order valence-corrected chi connectivity index (χ0v) is 7.77. The monoisotopic (exact) mass is 240 g/mol. The lowest BCUT2D eigenvalue weighted by Crippen LogP contribution is -2.70. The van der Waals surface area contributed by atoms with Gasteiger partial charge in [-0.05, 0) is 0 Å². The van der Waals surface area contributed by atoms with Crippen molar-refractivity contribution in [1.82, 2.24) is 0 Å². The molecule has 0 aromatic heterocycles. The maximum Gasteiger partial charge on any atom is 0.378 e. The van der Waals surface area contributed by atoms with E-state index in [4.69, 9.17) is 10.2 Å². The first-order chi connectivity index (χ1) is 7.41. The third-order valence-corrected chi connectivity index (χ3v) is 2.18. The smallest absolute Gasteiger partial charge is 0.378 e. The second-order valence-corrected chi connectivity index (χ2v) is 3.07. The molecule has 0 amide bonds. The lowest BCUT2D eigenvalue weighted by molar-refractivity contribution is -0.917. The summed E-state index contributed by atoms with van der Waals surface area (Å²) in [4.78, 5) is 28.1. The van der Waals surface area contributed by atoms with Gasteiger partial charge in [-0.25, -0.2) is 9.68 Å². The lowest BCUT2D eigenvalue weighted by Gasteiger charge is -2.51. The highest BCUT2D eigenvalue weighted by molar-refractivity contribution is 4.94. The number of hydrogen-bond acceptors (Lipinski definition) is 9. The summed E-state index contributed by atoms with van der Waals surface area (Å²) in [6, 6.07) is 0. The standard InChI is InChI=1S/C5H8N2O9/c8-1-4(2-9)3-14-5(4,15-6(10)11)16-7(12)13/h8-9H,1-3H2. The third-order valence-electron chi connectivity index (χ3n) is 2.18. The maximum atomic E-state index is 10.1. The second kappa shape index (κ2) is 4.03. The summed E-state index contributed by atoms with van der Waals surface area (Å²) < 4.78 is 4.49. The van der Waals surface area contributed by atoms with Crippen LogP contribution >= 0.6 is 0 Å². The average Bonchev–Trinajstić information content (AvgIpc) is 2.16. The summed E-state index contributed by atoms with van der Waals surface area (Å²) in [7, 11) is 0. The van der Waals surface area contributed by atoms with Crippen LogP contribution in [-0.2, 0) is 14.4 Å². The van der Waals surface area contributed by atoms with Gasteiger partial charge in [0.25, 0.3) is 10.2 Å². The van der Waals surface area contributed by atoms with Gasteiger partial charge in [-0.3, -0.25) is 0 Å². The summed E-state index contributed by atoms with van der Waals surface area (Å²) >= 11 is 0. The van der Waals surface area contributed by atoms with E-state index in [1.54, 1.807) is 0 Å². The van der Waals surface area contributed by atoms with Gasteiger partial charge in [0.2, 0.25) is 0 Å². The van der Waals surface area contributed by atoms with E-state index in [0.29, 0.717) is 0 Å². The van der Waals surface area contributed by atoms with Crippen molar-refractivity contribution in [2.24, 2.45) is 5.41 Å². The van der Waals surface area contributed by atoms with Crippen molar-refractivity contribution < 1.29 is 34.8 Å². The predicted molar refractivity (Wildman–Crippen MR) is 41.4 cm³/mol. The Bertz CT molecular complexity index is 279. The SMILES string of the molecule is O=[N+]([O-])OC1(O[N+](=O)[O-])OCC1(CO)CO. The minimum absolute atomic E-state index is 0.373. The topological polar surface area (TPSA) is 154 Å². The molecule has 16 heavy (non-hydrogen) atoms. The molecule has 0 radical (unpaired) electrons. The Morgan fingerprint density at radius 2 is 1.62 bits per heavy atom. The molecular weight excluding hydrogens is 232 g/mol. The van der Waals surface area contributed by atoms with Gasteiger partial charge < -0.3 is 14.9 Å². The summed E-state index contributed by atoms with van der Waals surface area (Å²) in [6.07, 6.45) is 0. The largest absolute Gasteiger partial charge is 0.395 e. The van der Waals surface area contributed by atoms with E-state index in [1.807, 2.05) is 0 Å². The molecule has 0 saturated carbocycles. The molecule has 11 heteroatoms. The van der Waals surface area contributed by atoms with Gasteiger partial charge in [-0.1, -0.05) is 0 Å². The van der Waals surface area contributed by atoms with Crippen molar-refractivity contribution in [2.45, 2.75) is 5.97 Å². The number of ether oxygens (including phenoxy) is 1. The van der Waals surface area contributed by atoms with Crippen LogP contribution in [0.2, 0.25) is 0 Å². The van der Waals surface area contributed by atoms with Crippen LogP contribution in [-0.4, -0.2) is 46.2 Å². The molecule has 1 heterocycles. The first-order valence-corrected chi connectivity index (χ1v) is 3.94. The Balaban J connectivity index is 2.95. The van der Waals surface area contributed by atoms with Crippen molar-refractivity contribution >= 4 is 0 Å². The minimum Gasteiger partial charge on any atom is -0.395 e. The summed E-state index contributed by atoms with van der Waals surface area (Å²) in [5.74, 6) is -2.72. The summed E-state index contributed by atoms with van der Waals surface area (Å²) in [6.45, 7) is -2.06. The molecule has 0 bridgehead atoms. The molecule has 1 aliphatic rings. The van der Waals surface area contributed by atoms with E-state index in [0.717, 1.165) is 0 Å². The first kappa shape index (κ1) is 12.4. The van der Waals surface area contributed by atoms with Crippen LogP contribution in [0, 0.1) is 25.6 Å². The number of nitrogens with zero attached hydrogens (tertiary/aromatic N) is 2. The average molecular weight is 240 g/mol. The highest BCUT2D eigenvalue weighted by atomic mass is 17.1. The first-order valence-electron chi connectivity index (χ1n) is 3.94. The summed E-state index contributed by atoms with van der Waals surface area (Å²) in [5.41, 5.74) is -1.76. The van der Waals surface area contributed by atoms with Crippen LogP contribution in [0.15, 0.2) is 0 Å². The van der Waals surface area contributed by atoms with E-state index in [-0.39, 0.29) is 6.61 Å². The minimum atomic E-state index is -2.72. The van der Waals surface area contributed by atoms with Crippen LogP contribution in [0.5, 0.6) is 0 Å². The van der Waals surface area contributed by atoms with Gasteiger partial charge in [-0.15, -0.1) is 20.2 Å². The van der Waals surface area contributed by atoms with E-state index in [9.17, 15) is 20.2 Å². The van der Waals surface area contributed by atoms with Crippen molar-refractivity contribution in [1.29, 1.82) is 0 Å². The van der Waals surface area contributed by atoms with Crippen LogP contribution in [0.3, 0.4) is 0 Å². The van der Waals surface area contributed by atoms with Crippen molar-refractivity contribution in [3.63, 3.8) is 0 Å². The molecule has 1 aliphatic heterocycles. The number of rotatable bonds is 6. The van der Waals surface area contributed by atoms with Crippen molar-refractivity contribution in [3.05, 3.63) is 20.2 Å². The normalized spacial score (nSPS) is 20.6. The van der Waals surface area contributed by atoms with E-state index >= 15 is 0 Å². The van der Waals surface area contributed by atoms with Crippen LogP contribution < -0.4 is 0 Å². The van der Waals surface area contributed by atoms with Gasteiger partial charge in [0.1, 0.15) is 5.41 Å². The zero-order chi connectivity index (χ0) is 12.4. The molecule has 0 unspecified atom stereocenters. The van der Waals surface area contributed by atoms with Crippen LogP contribution in [0.4, 0.5) is 0 Å². The van der Waals surface area contributed by atoms with Crippen LogP contribution in [0.1, 0.15) is 0 Å². The number of aliphatic hydroxyl groups is 2. The Morgan fingerprint density at radius 3 is 1.81 bits per heavy atom. The number of aliphatic hydroxyl groups excluding tert-OH is 2. The molecule has 92 valence electrons. The second-order valence-electron chi connectivity index (χ2n) is 3.07. The van der Waals surface area contributed by atoms with Gasteiger partial charge in [0.05, 0.1) is 19.8 Å². The Morgan fingerprint density at radius 1 is 1.19 bits per heavy atom. The van der Waals surface area contributed by atoms with E-state index < -0.39 is 34.8 Å². The maximum absolute atomic E-state index is 10.1. The third kappa shape index (κ3) is 1.70. The Kier molecular flexibility index (Phi) is 3.11. The molecular formula is C5H8N2O9. The molecule has 0 atom stereocenters. The van der Waals surface area contributed by atoms with Gasteiger partial charge in [0, 0.05) is 0 Å². The lowest BCUT2D eigenvalue weighted by atomic mass is 9.83. The zero-order valence-electron chi connectivity index (χ0n) is 7.77. The quantitative estimate of drug-likeness (QED) is 0.306. The van der Waals surface area contributed by atoms with E-state index in [2.05, 4.69) is 14.4 Å². The molecule has 2 N–H and O–H groups in total. The summed E-state index contributed by atoms with van der Waals surface area (Å²) in [5, 5.41) is 35.5. The van der Waals surface area contributed by atoms with Gasteiger partial charge in [0.15, 0.2) is 0 Å². The molecule has 0 aliphatic carbocycles. The van der Waals surface area contributed by atoms with E-state index in [1.165, 1.54) is 0 Å².